The van der Waals surface area contributed by atoms with Crippen molar-refractivity contribution >= 4 is 27.3 Å². The van der Waals surface area contributed by atoms with Crippen molar-refractivity contribution in [2.75, 3.05) is 18.0 Å². The number of aromatic nitrogens is 1. The topological polar surface area (TPSA) is 76.6 Å². The summed E-state index contributed by atoms with van der Waals surface area (Å²) in [6.45, 7) is 5.72. The predicted octanol–water partition coefficient (Wildman–Crippen LogP) is 4.90. The molecule has 1 aliphatic rings. The second kappa shape index (κ2) is 7.29. The van der Waals surface area contributed by atoms with E-state index in [9.17, 15) is 8.42 Å². The van der Waals surface area contributed by atoms with Crippen molar-refractivity contribution < 1.29 is 17.3 Å². The largest absolute Gasteiger partial charge is 0.459 e. The summed E-state index contributed by atoms with van der Waals surface area (Å²) in [4.78, 5) is 6.42. The maximum Gasteiger partial charge on any atom is 0.266 e. The molecular weight excluding hydrogens is 400 g/mol. The van der Waals surface area contributed by atoms with Gasteiger partial charge in [0.15, 0.2) is 5.76 Å². The van der Waals surface area contributed by atoms with E-state index in [1.54, 1.807) is 24.3 Å². The summed E-state index contributed by atoms with van der Waals surface area (Å²) in [5.74, 6) is 1.65. The van der Waals surface area contributed by atoms with Gasteiger partial charge in [-0.05, 0) is 54.7 Å². The van der Waals surface area contributed by atoms with E-state index in [4.69, 9.17) is 20.4 Å². The Morgan fingerprint density at radius 3 is 2.39 bits per heavy atom. The SMILES string of the molecule is C[C@@H]1C[C@@H](C)CN(c2oc(-c3ccco3)nc2S(=O)(=O)c2ccc(Cl)cc2)C1. The molecule has 0 N–H and O–H groups in total. The molecule has 1 fully saturated rings. The van der Waals surface area contributed by atoms with Crippen LogP contribution in [0.25, 0.3) is 11.7 Å². The summed E-state index contributed by atoms with van der Waals surface area (Å²) < 4.78 is 38.0. The smallest absolute Gasteiger partial charge is 0.266 e. The third-order valence-corrected chi connectivity index (χ3v) is 6.77. The molecule has 3 heterocycles. The molecule has 0 radical (unpaired) electrons. The fourth-order valence-electron chi connectivity index (χ4n) is 3.73. The van der Waals surface area contributed by atoms with Gasteiger partial charge in [0, 0.05) is 18.1 Å². The van der Waals surface area contributed by atoms with Gasteiger partial charge in [0.05, 0.1) is 11.2 Å². The van der Waals surface area contributed by atoms with Gasteiger partial charge in [-0.2, -0.15) is 4.98 Å². The highest BCUT2D eigenvalue weighted by molar-refractivity contribution is 7.91. The summed E-state index contributed by atoms with van der Waals surface area (Å²) in [5, 5.41) is 0.372. The van der Waals surface area contributed by atoms with E-state index >= 15 is 0 Å². The maximum absolute atomic E-state index is 13.3. The van der Waals surface area contributed by atoms with Crippen molar-refractivity contribution in [3.8, 4) is 11.7 Å². The molecule has 0 saturated carbocycles. The lowest BCUT2D eigenvalue weighted by atomic mass is 9.92. The first kappa shape index (κ1) is 19.1. The van der Waals surface area contributed by atoms with Gasteiger partial charge in [-0.15, -0.1) is 0 Å². The average Bonchev–Trinajstić information content (AvgIpc) is 3.31. The second-order valence-corrected chi connectivity index (χ2v) is 9.72. The van der Waals surface area contributed by atoms with Crippen LogP contribution in [0.4, 0.5) is 5.88 Å². The first-order valence-corrected chi connectivity index (χ1v) is 11.0. The molecule has 0 bridgehead atoms. The fraction of sp³-hybridized carbons (Fsp3) is 0.350. The lowest BCUT2D eigenvalue weighted by Crippen LogP contribution is -2.39. The lowest BCUT2D eigenvalue weighted by molar-refractivity contribution is 0.342. The number of furan rings is 1. The minimum Gasteiger partial charge on any atom is -0.459 e. The Morgan fingerprint density at radius 2 is 1.79 bits per heavy atom. The van der Waals surface area contributed by atoms with Crippen molar-refractivity contribution in [2.24, 2.45) is 11.8 Å². The Hall–Kier alpha value is -2.25. The number of piperidine rings is 1. The van der Waals surface area contributed by atoms with Crippen LogP contribution in [-0.2, 0) is 9.84 Å². The van der Waals surface area contributed by atoms with E-state index in [1.165, 1.54) is 18.4 Å². The molecular formula is C20H21ClN2O4S. The third kappa shape index (κ3) is 3.56. The molecule has 28 heavy (non-hydrogen) atoms. The molecule has 0 amide bonds. The van der Waals surface area contributed by atoms with Gasteiger partial charge < -0.3 is 13.7 Å². The molecule has 0 unspecified atom stereocenters. The third-order valence-electron chi connectivity index (χ3n) is 4.85. The Bertz CT molecular complexity index is 1050. The number of sulfone groups is 1. The van der Waals surface area contributed by atoms with Crippen molar-refractivity contribution in [1.29, 1.82) is 0 Å². The van der Waals surface area contributed by atoms with E-state index < -0.39 is 9.84 Å². The Labute approximate surface area is 169 Å². The van der Waals surface area contributed by atoms with Crippen LogP contribution in [0.3, 0.4) is 0 Å². The molecule has 1 aromatic carbocycles. The maximum atomic E-state index is 13.3. The van der Waals surface area contributed by atoms with Crippen molar-refractivity contribution in [2.45, 2.75) is 30.2 Å². The molecule has 0 spiro atoms. The first-order chi connectivity index (χ1) is 13.3. The number of hydrogen-bond donors (Lipinski definition) is 0. The fourth-order valence-corrected chi connectivity index (χ4v) is 5.18. The van der Waals surface area contributed by atoms with Crippen LogP contribution in [0.1, 0.15) is 20.3 Å². The Morgan fingerprint density at radius 1 is 1.11 bits per heavy atom. The zero-order valence-corrected chi connectivity index (χ0v) is 17.2. The van der Waals surface area contributed by atoms with Gasteiger partial charge in [-0.3, -0.25) is 0 Å². The van der Waals surface area contributed by atoms with Crippen molar-refractivity contribution in [3.63, 3.8) is 0 Å². The molecule has 1 saturated heterocycles. The highest BCUT2D eigenvalue weighted by atomic mass is 35.5. The minimum absolute atomic E-state index is 0.0949. The minimum atomic E-state index is -3.89. The van der Waals surface area contributed by atoms with Crippen LogP contribution in [0.2, 0.25) is 5.02 Å². The lowest BCUT2D eigenvalue weighted by Gasteiger charge is -2.34. The van der Waals surface area contributed by atoms with Crippen LogP contribution >= 0.6 is 11.6 Å². The number of benzene rings is 1. The molecule has 2 aromatic heterocycles. The molecule has 148 valence electrons. The van der Waals surface area contributed by atoms with Gasteiger partial charge in [0.1, 0.15) is 0 Å². The average molecular weight is 421 g/mol. The van der Waals surface area contributed by atoms with Crippen LogP contribution in [0.5, 0.6) is 0 Å². The monoisotopic (exact) mass is 420 g/mol. The highest BCUT2D eigenvalue weighted by Crippen LogP contribution is 2.37. The number of nitrogens with zero attached hydrogens (tertiary/aromatic N) is 2. The number of oxazole rings is 1. The molecule has 8 heteroatoms. The van der Waals surface area contributed by atoms with Gasteiger partial charge in [-0.25, -0.2) is 8.42 Å². The standard InChI is InChI=1S/C20H21ClN2O4S/c1-13-10-14(2)12-23(11-13)20-19(22-18(27-20)17-4-3-9-26-17)28(24,25)16-7-5-15(21)6-8-16/h3-9,13-14H,10-12H2,1-2H3/t13-,14-/m1/s1. The predicted molar refractivity (Wildman–Crippen MR) is 106 cm³/mol. The van der Waals surface area contributed by atoms with Gasteiger partial charge >= 0.3 is 0 Å². The van der Waals surface area contributed by atoms with Crippen LogP contribution in [0.15, 0.2) is 61.4 Å². The summed E-state index contributed by atoms with van der Waals surface area (Å²) in [7, 11) is -3.89. The molecule has 6 nitrogen and oxygen atoms in total. The normalized spacial score (nSPS) is 20.5. The Balaban J connectivity index is 1.84. The molecule has 2 atom stereocenters. The summed E-state index contributed by atoms with van der Waals surface area (Å²) in [6.07, 6.45) is 2.59. The Kier molecular flexibility index (Phi) is 4.97. The second-order valence-electron chi connectivity index (χ2n) is 7.42. The molecule has 1 aliphatic heterocycles. The zero-order valence-electron chi connectivity index (χ0n) is 15.6. The van der Waals surface area contributed by atoms with Crippen LogP contribution in [-0.4, -0.2) is 26.5 Å². The number of anilines is 1. The van der Waals surface area contributed by atoms with Gasteiger partial charge in [-0.1, -0.05) is 25.4 Å². The molecule has 0 aliphatic carbocycles. The van der Waals surface area contributed by atoms with E-state index in [0.717, 1.165) is 6.42 Å². The highest BCUT2D eigenvalue weighted by Gasteiger charge is 2.34. The summed E-state index contributed by atoms with van der Waals surface area (Å²) >= 11 is 5.91. The first-order valence-electron chi connectivity index (χ1n) is 9.15. The number of rotatable bonds is 4. The van der Waals surface area contributed by atoms with E-state index in [1.807, 2.05) is 4.90 Å². The quantitative estimate of drug-likeness (QED) is 0.597. The van der Waals surface area contributed by atoms with E-state index in [0.29, 0.717) is 35.7 Å². The number of halogens is 1. The van der Waals surface area contributed by atoms with Crippen molar-refractivity contribution in [3.05, 3.63) is 47.7 Å². The summed E-state index contributed by atoms with van der Waals surface area (Å²) in [5.41, 5.74) is 0. The van der Waals surface area contributed by atoms with E-state index in [2.05, 4.69) is 18.8 Å². The molecule has 3 aromatic rings. The summed E-state index contributed by atoms with van der Waals surface area (Å²) in [6, 6.07) is 9.45. The molecule has 4 rings (SSSR count). The van der Waals surface area contributed by atoms with Gasteiger partial charge in [0.25, 0.3) is 5.89 Å². The van der Waals surface area contributed by atoms with E-state index in [-0.39, 0.29) is 21.7 Å². The van der Waals surface area contributed by atoms with Crippen LogP contribution < -0.4 is 4.90 Å². The van der Waals surface area contributed by atoms with Crippen molar-refractivity contribution in [1.82, 2.24) is 4.98 Å². The number of hydrogen-bond acceptors (Lipinski definition) is 6. The zero-order chi connectivity index (χ0) is 19.9. The van der Waals surface area contributed by atoms with Gasteiger partial charge in [0.2, 0.25) is 20.7 Å². The van der Waals surface area contributed by atoms with Crippen LogP contribution in [0, 0.1) is 11.8 Å².